The van der Waals surface area contributed by atoms with Crippen LogP contribution in [0.3, 0.4) is 0 Å². The molecule has 7 heteroatoms. The highest BCUT2D eigenvalue weighted by Gasteiger charge is 2.18. The molecule has 1 saturated heterocycles. The van der Waals surface area contributed by atoms with E-state index < -0.39 is 0 Å². The van der Waals surface area contributed by atoms with E-state index in [1.807, 2.05) is 35.2 Å². The van der Waals surface area contributed by atoms with Crippen molar-refractivity contribution in [2.24, 2.45) is 0 Å². The molecule has 0 aliphatic carbocycles. The number of carbonyl (C=O) groups excluding carboxylic acids is 2. The molecule has 4 rings (SSSR count). The number of para-hydroxylation sites is 1. The van der Waals surface area contributed by atoms with Crippen molar-refractivity contribution in [2.45, 2.75) is 0 Å². The Hall–Kier alpha value is -3.58. The summed E-state index contributed by atoms with van der Waals surface area (Å²) in [6.45, 7) is 2.99. The highest BCUT2D eigenvalue weighted by atomic mass is 16.2. The average molecular weight is 387 g/mol. The minimum Gasteiger partial charge on any atom is -0.336 e. The molecule has 0 atom stereocenters. The fourth-order valence-electron chi connectivity index (χ4n) is 3.19. The van der Waals surface area contributed by atoms with Gasteiger partial charge in [0, 0.05) is 43.0 Å². The number of hydrogen-bond acceptors (Lipinski definition) is 5. The topological polar surface area (TPSA) is 87.2 Å². The second kappa shape index (κ2) is 8.62. The van der Waals surface area contributed by atoms with Crippen LogP contribution >= 0.6 is 0 Å². The predicted molar refractivity (Wildman–Crippen MR) is 111 cm³/mol. The van der Waals surface area contributed by atoms with E-state index in [2.05, 4.69) is 20.6 Å². The highest BCUT2D eigenvalue weighted by Crippen LogP contribution is 2.19. The number of carbonyl (C=O) groups is 2. The van der Waals surface area contributed by atoms with Gasteiger partial charge in [-0.15, -0.1) is 0 Å². The first-order valence-electron chi connectivity index (χ1n) is 9.49. The van der Waals surface area contributed by atoms with Gasteiger partial charge in [-0.05, 0) is 24.3 Å². The zero-order valence-electron chi connectivity index (χ0n) is 15.8. The average Bonchev–Trinajstić information content (AvgIpc) is 2.80. The van der Waals surface area contributed by atoms with Crippen LogP contribution in [-0.2, 0) is 0 Å². The van der Waals surface area contributed by atoms with Gasteiger partial charge in [-0.25, -0.2) is 4.98 Å². The van der Waals surface area contributed by atoms with Gasteiger partial charge < -0.3 is 15.5 Å². The van der Waals surface area contributed by atoms with Crippen molar-refractivity contribution < 1.29 is 9.59 Å². The summed E-state index contributed by atoms with van der Waals surface area (Å²) < 4.78 is 0. The molecule has 2 heterocycles. The summed E-state index contributed by atoms with van der Waals surface area (Å²) in [5, 5.41) is 6.04. The van der Waals surface area contributed by atoms with Crippen molar-refractivity contribution in [3.63, 3.8) is 0 Å². The van der Waals surface area contributed by atoms with Crippen molar-refractivity contribution in [1.82, 2.24) is 20.2 Å². The number of nitrogens with zero attached hydrogens (tertiary/aromatic N) is 3. The molecule has 2 aromatic carbocycles. The lowest BCUT2D eigenvalue weighted by atomic mass is 10.1. The fraction of sp³-hybridized carbons (Fsp3) is 0.182. The van der Waals surface area contributed by atoms with Crippen molar-refractivity contribution in [3.05, 3.63) is 78.2 Å². The summed E-state index contributed by atoms with van der Waals surface area (Å²) >= 11 is 0. The molecule has 2 amide bonds. The lowest BCUT2D eigenvalue weighted by molar-refractivity contribution is 0.0735. The van der Waals surface area contributed by atoms with Crippen LogP contribution in [0.5, 0.6) is 0 Å². The van der Waals surface area contributed by atoms with Crippen molar-refractivity contribution in [2.75, 3.05) is 31.5 Å². The van der Waals surface area contributed by atoms with Crippen LogP contribution in [0.1, 0.15) is 20.8 Å². The van der Waals surface area contributed by atoms with Gasteiger partial charge in [0.05, 0.1) is 18.1 Å². The summed E-state index contributed by atoms with van der Waals surface area (Å²) in [7, 11) is 0. The van der Waals surface area contributed by atoms with Crippen LogP contribution in [0.15, 0.2) is 67.0 Å². The third-order valence-electron chi connectivity index (χ3n) is 4.71. The summed E-state index contributed by atoms with van der Waals surface area (Å²) in [5.41, 5.74) is 2.79. The summed E-state index contributed by atoms with van der Waals surface area (Å²) in [6.07, 6.45) is 3.02. The van der Waals surface area contributed by atoms with E-state index in [0.29, 0.717) is 30.0 Å². The van der Waals surface area contributed by atoms with Crippen molar-refractivity contribution in [1.29, 1.82) is 0 Å². The summed E-state index contributed by atoms with van der Waals surface area (Å²) in [5.74, 6) is -0.335. The van der Waals surface area contributed by atoms with Crippen molar-refractivity contribution in [3.8, 4) is 11.3 Å². The maximum Gasteiger partial charge on any atom is 0.275 e. The third-order valence-corrected chi connectivity index (χ3v) is 4.71. The maximum absolute atomic E-state index is 12.8. The second-order valence-corrected chi connectivity index (χ2v) is 6.73. The minimum absolute atomic E-state index is 0.000663. The molecule has 0 unspecified atom stereocenters. The van der Waals surface area contributed by atoms with Gasteiger partial charge in [0.25, 0.3) is 11.8 Å². The number of benzene rings is 2. The van der Waals surface area contributed by atoms with E-state index in [4.69, 9.17) is 0 Å². The Morgan fingerprint density at radius 2 is 1.76 bits per heavy atom. The number of amides is 2. The molecule has 0 spiro atoms. The molecule has 1 fully saturated rings. The van der Waals surface area contributed by atoms with E-state index in [1.54, 1.807) is 30.5 Å². The third kappa shape index (κ3) is 4.47. The molecular weight excluding hydrogens is 366 g/mol. The number of aromatic nitrogens is 2. The number of hydrogen-bond donors (Lipinski definition) is 2. The molecule has 2 N–H and O–H groups in total. The molecule has 3 aromatic rings. The van der Waals surface area contributed by atoms with Gasteiger partial charge in [-0.3, -0.25) is 14.6 Å². The Kier molecular flexibility index (Phi) is 5.58. The Balaban J connectivity index is 1.55. The fourth-order valence-corrected chi connectivity index (χ4v) is 3.19. The van der Waals surface area contributed by atoms with E-state index in [9.17, 15) is 9.59 Å². The molecule has 7 nitrogen and oxygen atoms in total. The van der Waals surface area contributed by atoms with Gasteiger partial charge in [0.2, 0.25) is 0 Å². The first-order chi connectivity index (χ1) is 14.2. The van der Waals surface area contributed by atoms with Crippen LogP contribution in [0.2, 0.25) is 0 Å². The van der Waals surface area contributed by atoms with Crippen LogP contribution in [-0.4, -0.2) is 52.9 Å². The Morgan fingerprint density at radius 3 is 2.55 bits per heavy atom. The lowest BCUT2D eigenvalue weighted by Gasteiger charge is -2.27. The summed E-state index contributed by atoms with van der Waals surface area (Å²) in [4.78, 5) is 35.7. The molecule has 0 radical (unpaired) electrons. The molecule has 1 aliphatic rings. The highest BCUT2D eigenvalue weighted by molar-refractivity contribution is 6.03. The number of piperazine rings is 1. The Bertz CT molecular complexity index is 1020. The van der Waals surface area contributed by atoms with E-state index >= 15 is 0 Å². The first-order valence-corrected chi connectivity index (χ1v) is 9.49. The van der Waals surface area contributed by atoms with E-state index in [0.717, 1.165) is 18.7 Å². The predicted octanol–water partition coefficient (Wildman–Crippen LogP) is 2.44. The van der Waals surface area contributed by atoms with Crippen molar-refractivity contribution >= 4 is 17.5 Å². The quantitative estimate of drug-likeness (QED) is 0.718. The van der Waals surface area contributed by atoms with Crippen LogP contribution in [0.25, 0.3) is 11.3 Å². The smallest absolute Gasteiger partial charge is 0.275 e. The van der Waals surface area contributed by atoms with Gasteiger partial charge >= 0.3 is 0 Å². The first kappa shape index (κ1) is 18.8. The van der Waals surface area contributed by atoms with E-state index in [-0.39, 0.29) is 17.5 Å². The SMILES string of the molecule is O=C(Nc1ccccc1)c1cncc(-c2cccc(C(=O)N3CCNCC3)c2)n1. The molecule has 0 bridgehead atoms. The van der Waals surface area contributed by atoms with Crippen LogP contribution in [0, 0.1) is 0 Å². The number of nitrogens with one attached hydrogen (secondary N) is 2. The maximum atomic E-state index is 12.8. The zero-order chi connectivity index (χ0) is 20.1. The minimum atomic E-state index is -0.335. The standard InChI is InChI=1S/C22H21N5O2/c28-21(25-18-7-2-1-3-8-18)20-15-24-14-19(26-20)16-5-4-6-17(13-16)22(29)27-11-9-23-10-12-27/h1-8,13-15,23H,9-12H2,(H,25,28). The van der Waals surface area contributed by atoms with Gasteiger partial charge in [0.15, 0.2) is 0 Å². The summed E-state index contributed by atoms with van der Waals surface area (Å²) in [6, 6.07) is 16.5. The second-order valence-electron chi connectivity index (χ2n) is 6.73. The monoisotopic (exact) mass is 387 g/mol. The molecular formula is C22H21N5O2. The van der Waals surface area contributed by atoms with Crippen LogP contribution < -0.4 is 10.6 Å². The largest absolute Gasteiger partial charge is 0.336 e. The number of rotatable bonds is 4. The molecule has 1 aromatic heterocycles. The van der Waals surface area contributed by atoms with Gasteiger partial charge in [-0.2, -0.15) is 0 Å². The molecule has 0 saturated carbocycles. The van der Waals surface area contributed by atoms with Gasteiger partial charge in [-0.1, -0.05) is 30.3 Å². The molecule has 1 aliphatic heterocycles. The lowest BCUT2D eigenvalue weighted by Crippen LogP contribution is -2.46. The molecule has 29 heavy (non-hydrogen) atoms. The Morgan fingerprint density at radius 1 is 0.966 bits per heavy atom. The van der Waals surface area contributed by atoms with E-state index in [1.165, 1.54) is 6.20 Å². The molecule has 146 valence electrons. The zero-order valence-corrected chi connectivity index (χ0v) is 15.8. The normalized spacial score (nSPS) is 13.7. The van der Waals surface area contributed by atoms with Crippen LogP contribution in [0.4, 0.5) is 5.69 Å². The van der Waals surface area contributed by atoms with Gasteiger partial charge in [0.1, 0.15) is 5.69 Å². The Labute approximate surface area is 168 Å². The number of anilines is 1.